The summed E-state index contributed by atoms with van der Waals surface area (Å²) in [6.45, 7) is 1.88. The van der Waals surface area contributed by atoms with E-state index in [1.165, 1.54) is 0 Å². The number of aromatic hydroxyl groups is 1. The molecule has 0 aliphatic heterocycles. The SMILES string of the molecule is Cc1ccc(C=Nc2cccc(O)c2)o1. The summed E-state index contributed by atoms with van der Waals surface area (Å²) < 4.78 is 5.32. The molecule has 0 bridgehead atoms. The van der Waals surface area contributed by atoms with E-state index in [0.29, 0.717) is 11.4 Å². The number of aryl methyl sites for hydroxylation is 1. The van der Waals surface area contributed by atoms with Crippen molar-refractivity contribution in [2.75, 3.05) is 0 Å². The third-order valence-electron chi connectivity index (χ3n) is 1.93. The van der Waals surface area contributed by atoms with Crippen molar-refractivity contribution in [1.29, 1.82) is 0 Å². The fraction of sp³-hybridized carbons (Fsp3) is 0.0833. The van der Waals surface area contributed by atoms with E-state index in [9.17, 15) is 5.11 Å². The number of nitrogens with zero attached hydrogens (tertiary/aromatic N) is 1. The zero-order valence-corrected chi connectivity index (χ0v) is 8.34. The number of hydrogen-bond acceptors (Lipinski definition) is 3. The quantitative estimate of drug-likeness (QED) is 0.759. The van der Waals surface area contributed by atoms with Gasteiger partial charge < -0.3 is 9.52 Å². The predicted molar refractivity (Wildman–Crippen MR) is 58.8 cm³/mol. The number of phenolic OH excluding ortho intramolecular Hbond substituents is 1. The lowest BCUT2D eigenvalue weighted by Gasteiger charge is -1.93. The number of aliphatic imine (C=N–C) groups is 1. The molecule has 76 valence electrons. The van der Waals surface area contributed by atoms with Crippen molar-refractivity contribution < 1.29 is 9.52 Å². The molecule has 1 aromatic heterocycles. The zero-order chi connectivity index (χ0) is 10.7. The summed E-state index contributed by atoms with van der Waals surface area (Å²) in [6.07, 6.45) is 1.63. The second-order valence-electron chi connectivity index (χ2n) is 3.23. The molecule has 2 aromatic rings. The minimum Gasteiger partial charge on any atom is -0.508 e. The topological polar surface area (TPSA) is 45.7 Å². The lowest BCUT2D eigenvalue weighted by Crippen LogP contribution is -1.73. The number of furan rings is 1. The van der Waals surface area contributed by atoms with Crippen LogP contribution in [0.25, 0.3) is 0 Å². The van der Waals surface area contributed by atoms with E-state index in [4.69, 9.17) is 4.42 Å². The molecule has 0 radical (unpaired) electrons. The van der Waals surface area contributed by atoms with E-state index < -0.39 is 0 Å². The molecule has 2 rings (SSSR count). The molecule has 0 saturated heterocycles. The van der Waals surface area contributed by atoms with Crippen LogP contribution in [0.4, 0.5) is 5.69 Å². The summed E-state index contributed by atoms with van der Waals surface area (Å²) in [5, 5.41) is 9.22. The molecular formula is C12H11NO2. The van der Waals surface area contributed by atoms with Crippen molar-refractivity contribution in [3.63, 3.8) is 0 Å². The molecule has 1 heterocycles. The highest BCUT2D eigenvalue weighted by atomic mass is 16.3. The lowest BCUT2D eigenvalue weighted by molar-refractivity contribution is 0.475. The highest BCUT2D eigenvalue weighted by molar-refractivity contribution is 5.78. The van der Waals surface area contributed by atoms with Crippen molar-refractivity contribution in [3.8, 4) is 5.75 Å². The molecule has 1 N–H and O–H groups in total. The Balaban J connectivity index is 2.18. The Bertz CT molecular complexity index is 486. The maximum Gasteiger partial charge on any atom is 0.145 e. The summed E-state index contributed by atoms with van der Waals surface area (Å²) in [5.41, 5.74) is 0.698. The Kier molecular flexibility index (Phi) is 2.54. The molecule has 3 heteroatoms. The van der Waals surface area contributed by atoms with Crippen LogP contribution >= 0.6 is 0 Å². The maximum absolute atomic E-state index is 9.22. The fourth-order valence-corrected chi connectivity index (χ4v) is 1.23. The Morgan fingerprint density at radius 3 is 2.80 bits per heavy atom. The smallest absolute Gasteiger partial charge is 0.145 e. The second kappa shape index (κ2) is 4.00. The first-order valence-electron chi connectivity index (χ1n) is 4.63. The van der Waals surface area contributed by atoms with Crippen molar-refractivity contribution in [2.45, 2.75) is 6.92 Å². The van der Waals surface area contributed by atoms with Crippen LogP contribution in [0, 0.1) is 6.92 Å². The van der Waals surface area contributed by atoms with Crippen LogP contribution in [-0.2, 0) is 0 Å². The lowest BCUT2D eigenvalue weighted by atomic mass is 10.3. The molecule has 0 saturated carbocycles. The molecule has 0 fully saturated rings. The molecule has 0 atom stereocenters. The Morgan fingerprint density at radius 2 is 2.13 bits per heavy atom. The van der Waals surface area contributed by atoms with Crippen LogP contribution in [0.1, 0.15) is 11.5 Å². The number of hydrogen-bond donors (Lipinski definition) is 1. The van der Waals surface area contributed by atoms with Gasteiger partial charge in [0.2, 0.25) is 0 Å². The molecule has 0 amide bonds. The highest BCUT2D eigenvalue weighted by Crippen LogP contribution is 2.18. The predicted octanol–water partition coefficient (Wildman–Crippen LogP) is 3.04. The monoisotopic (exact) mass is 201 g/mol. The van der Waals surface area contributed by atoms with Gasteiger partial charge in [0.15, 0.2) is 0 Å². The molecule has 1 aromatic carbocycles. The highest BCUT2D eigenvalue weighted by Gasteiger charge is 1.94. The standard InChI is InChI=1S/C12H11NO2/c1-9-5-6-12(15-9)8-13-10-3-2-4-11(14)7-10/h2-8,14H,1H3. The van der Waals surface area contributed by atoms with E-state index in [0.717, 1.165) is 5.76 Å². The van der Waals surface area contributed by atoms with Crippen LogP contribution in [0.15, 0.2) is 45.8 Å². The first-order chi connectivity index (χ1) is 7.24. The van der Waals surface area contributed by atoms with Gasteiger partial charge in [-0.2, -0.15) is 0 Å². The minimum atomic E-state index is 0.209. The molecule has 15 heavy (non-hydrogen) atoms. The summed E-state index contributed by atoms with van der Waals surface area (Å²) in [5.74, 6) is 1.77. The van der Waals surface area contributed by atoms with Crippen molar-refractivity contribution in [3.05, 3.63) is 47.9 Å². The molecule has 3 nitrogen and oxygen atoms in total. The van der Waals surface area contributed by atoms with Crippen molar-refractivity contribution in [1.82, 2.24) is 0 Å². The van der Waals surface area contributed by atoms with Gasteiger partial charge in [0.25, 0.3) is 0 Å². The van der Waals surface area contributed by atoms with Crippen LogP contribution in [0.5, 0.6) is 5.75 Å². The average Bonchev–Trinajstić information content (AvgIpc) is 2.62. The Hall–Kier alpha value is -2.03. The summed E-state index contributed by atoms with van der Waals surface area (Å²) in [7, 11) is 0. The third-order valence-corrected chi connectivity index (χ3v) is 1.93. The van der Waals surface area contributed by atoms with Gasteiger partial charge in [-0.3, -0.25) is 4.99 Å². The first kappa shape index (κ1) is 9.52. The van der Waals surface area contributed by atoms with Gasteiger partial charge in [0.05, 0.1) is 11.9 Å². The van der Waals surface area contributed by atoms with Crippen molar-refractivity contribution in [2.24, 2.45) is 4.99 Å². The largest absolute Gasteiger partial charge is 0.508 e. The number of rotatable bonds is 2. The molecule has 0 aliphatic carbocycles. The maximum atomic E-state index is 9.22. The summed E-state index contributed by atoms with van der Waals surface area (Å²) in [4.78, 5) is 4.17. The molecule has 0 unspecified atom stereocenters. The Labute approximate surface area is 87.7 Å². The molecule has 0 spiro atoms. The average molecular weight is 201 g/mol. The van der Waals surface area contributed by atoms with E-state index in [1.54, 1.807) is 24.4 Å². The van der Waals surface area contributed by atoms with Gasteiger partial charge in [-0.15, -0.1) is 0 Å². The van der Waals surface area contributed by atoms with Crippen LogP contribution in [-0.4, -0.2) is 11.3 Å². The van der Waals surface area contributed by atoms with Crippen LogP contribution < -0.4 is 0 Å². The zero-order valence-electron chi connectivity index (χ0n) is 8.34. The normalized spacial score (nSPS) is 11.0. The third kappa shape index (κ3) is 2.47. The van der Waals surface area contributed by atoms with E-state index in [1.807, 2.05) is 25.1 Å². The molecular weight excluding hydrogens is 190 g/mol. The summed E-state index contributed by atoms with van der Waals surface area (Å²) >= 11 is 0. The first-order valence-corrected chi connectivity index (χ1v) is 4.63. The number of benzene rings is 1. The van der Waals surface area contributed by atoms with Gasteiger partial charge in [-0.05, 0) is 31.2 Å². The Morgan fingerprint density at radius 1 is 1.27 bits per heavy atom. The number of phenols is 1. The second-order valence-corrected chi connectivity index (χ2v) is 3.23. The summed E-state index contributed by atoms with van der Waals surface area (Å²) in [6, 6.07) is 10.5. The van der Waals surface area contributed by atoms with E-state index >= 15 is 0 Å². The van der Waals surface area contributed by atoms with Gasteiger partial charge in [0, 0.05) is 6.07 Å². The van der Waals surface area contributed by atoms with Gasteiger partial charge in [-0.1, -0.05) is 6.07 Å². The minimum absolute atomic E-state index is 0.209. The molecule has 0 aliphatic rings. The van der Waals surface area contributed by atoms with Gasteiger partial charge in [-0.25, -0.2) is 0 Å². The van der Waals surface area contributed by atoms with Crippen LogP contribution in [0.2, 0.25) is 0 Å². The van der Waals surface area contributed by atoms with Crippen LogP contribution in [0.3, 0.4) is 0 Å². The fourth-order valence-electron chi connectivity index (χ4n) is 1.23. The van der Waals surface area contributed by atoms with Gasteiger partial charge in [0.1, 0.15) is 17.3 Å². The van der Waals surface area contributed by atoms with E-state index in [-0.39, 0.29) is 5.75 Å². The van der Waals surface area contributed by atoms with E-state index in [2.05, 4.69) is 4.99 Å². The van der Waals surface area contributed by atoms with Gasteiger partial charge >= 0.3 is 0 Å². The van der Waals surface area contributed by atoms with Crippen molar-refractivity contribution >= 4 is 11.9 Å².